The summed E-state index contributed by atoms with van der Waals surface area (Å²) in [6.45, 7) is 4.18. The van der Waals surface area contributed by atoms with E-state index in [0.29, 0.717) is 10.9 Å². The first-order chi connectivity index (χ1) is 12.6. The molecule has 0 spiro atoms. The molecule has 1 heterocycles. The zero-order valence-electron chi connectivity index (χ0n) is 14.5. The topological polar surface area (TPSA) is 38.4 Å². The van der Waals surface area contributed by atoms with Crippen LogP contribution in [-0.2, 0) is 0 Å². The van der Waals surface area contributed by atoms with Gasteiger partial charge in [-0.15, -0.1) is 0 Å². The van der Waals surface area contributed by atoms with Crippen molar-refractivity contribution >= 4 is 34.6 Å². The lowest BCUT2D eigenvalue weighted by atomic mass is 10.1. The molecule has 0 radical (unpaired) electrons. The largest absolute Gasteiger partial charge is 0.436 e. The Kier molecular flexibility index (Phi) is 4.31. The lowest BCUT2D eigenvalue weighted by Gasteiger charge is -2.01. The SMILES string of the molecule is Cc1ccc(-c2nc3cc(N=Cc4ccc(Cl)cc4)ccc3o2)cc1C. The molecule has 128 valence electrons. The molecule has 0 bridgehead atoms. The van der Waals surface area contributed by atoms with Gasteiger partial charge in [0.15, 0.2) is 5.58 Å². The van der Waals surface area contributed by atoms with E-state index < -0.39 is 0 Å². The summed E-state index contributed by atoms with van der Waals surface area (Å²) in [5.74, 6) is 0.627. The van der Waals surface area contributed by atoms with Crippen LogP contribution < -0.4 is 0 Å². The molecule has 0 amide bonds. The Balaban J connectivity index is 1.65. The molecule has 0 saturated heterocycles. The first-order valence-corrected chi connectivity index (χ1v) is 8.74. The molecule has 4 heteroatoms. The summed E-state index contributed by atoms with van der Waals surface area (Å²) < 4.78 is 5.90. The number of benzene rings is 3. The second-order valence-electron chi connectivity index (χ2n) is 6.28. The van der Waals surface area contributed by atoms with Gasteiger partial charge in [-0.3, -0.25) is 4.99 Å². The van der Waals surface area contributed by atoms with E-state index in [1.165, 1.54) is 11.1 Å². The highest BCUT2D eigenvalue weighted by molar-refractivity contribution is 6.30. The molecule has 1 aromatic heterocycles. The van der Waals surface area contributed by atoms with Crippen molar-refractivity contribution in [1.29, 1.82) is 0 Å². The monoisotopic (exact) mass is 360 g/mol. The van der Waals surface area contributed by atoms with Crippen LogP contribution in [0.4, 0.5) is 5.69 Å². The van der Waals surface area contributed by atoms with Gasteiger partial charge in [0.1, 0.15) is 5.52 Å². The van der Waals surface area contributed by atoms with Crippen molar-refractivity contribution in [2.75, 3.05) is 0 Å². The average molecular weight is 361 g/mol. The molecule has 26 heavy (non-hydrogen) atoms. The quantitative estimate of drug-likeness (QED) is 0.390. The number of hydrogen-bond acceptors (Lipinski definition) is 3. The first-order valence-electron chi connectivity index (χ1n) is 8.36. The fourth-order valence-electron chi connectivity index (χ4n) is 2.69. The van der Waals surface area contributed by atoms with E-state index in [2.05, 4.69) is 36.0 Å². The van der Waals surface area contributed by atoms with Crippen LogP contribution in [0, 0.1) is 13.8 Å². The van der Waals surface area contributed by atoms with E-state index >= 15 is 0 Å². The highest BCUT2D eigenvalue weighted by Crippen LogP contribution is 2.28. The third-order valence-electron chi connectivity index (χ3n) is 4.36. The number of aryl methyl sites for hydroxylation is 2. The van der Waals surface area contributed by atoms with Gasteiger partial charge in [-0.05, 0) is 73.0 Å². The Labute approximate surface area is 157 Å². The zero-order chi connectivity index (χ0) is 18.1. The number of aliphatic imine (C=N–C) groups is 1. The zero-order valence-corrected chi connectivity index (χ0v) is 15.3. The predicted molar refractivity (Wildman–Crippen MR) is 108 cm³/mol. The maximum Gasteiger partial charge on any atom is 0.227 e. The van der Waals surface area contributed by atoms with Gasteiger partial charge in [0, 0.05) is 16.8 Å². The van der Waals surface area contributed by atoms with Gasteiger partial charge in [0.05, 0.1) is 5.69 Å². The van der Waals surface area contributed by atoms with Crippen molar-refractivity contribution in [3.63, 3.8) is 0 Å². The maximum atomic E-state index is 5.90. The third kappa shape index (κ3) is 3.39. The van der Waals surface area contributed by atoms with E-state index in [1.54, 1.807) is 0 Å². The number of rotatable bonds is 3. The predicted octanol–water partition coefficient (Wildman–Crippen LogP) is 6.52. The smallest absolute Gasteiger partial charge is 0.227 e. The fraction of sp³-hybridized carbons (Fsp3) is 0.0909. The van der Waals surface area contributed by atoms with E-state index in [-0.39, 0.29) is 0 Å². The number of halogens is 1. The molecule has 0 N–H and O–H groups in total. The van der Waals surface area contributed by atoms with Crippen molar-refractivity contribution in [2.24, 2.45) is 4.99 Å². The van der Waals surface area contributed by atoms with Crippen molar-refractivity contribution in [3.05, 3.63) is 82.4 Å². The molecule has 3 nitrogen and oxygen atoms in total. The number of hydrogen-bond donors (Lipinski definition) is 0. The summed E-state index contributed by atoms with van der Waals surface area (Å²) in [7, 11) is 0. The molecule has 3 aromatic carbocycles. The van der Waals surface area contributed by atoms with Crippen LogP contribution in [0.15, 0.2) is 70.1 Å². The van der Waals surface area contributed by atoms with Gasteiger partial charge >= 0.3 is 0 Å². The molecule has 0 aliphatic carbocycles. The fourth-order valence-corrected chi connectivity index (χ4v) is 2.82. The summed E-state index contributed by atoms with van der Waals surface area (Å²) in [5.41, 5.74) is 6.82. The van der Waals surface area contributed by atoms with Gasteiger partial charge in [-0.2, -0.15) is 0 Å². The molecule has 0 atom stereocenters. The van der Waals surface area contributed by atoms with E-state index in [0.717, 1.165) is 27.9 Å². The highest BCUT2D eigenvalue weighted by Gasteiger charge is 2.09. The summed E-state index contributed by atoms with van der Waals surface area (Å²) in [4.78, 5) is 9.14. The molecule has 0 fully saturated rings. The molecular weight excluding hydrogens is 344 g/mol. The third-order valence-corrected chi connectivity index (χ3v) is 4.61. The molecule has 4 rings (SSSR count). The molecule has 0 aliphatic rings. The van der Waals surface area contributed by atoms with E-state index in [1.807, 2.05) is 54.7 Å². The number of aromatic nitrogens is 1. The van der Waals surface area contributed by atoms with Crippen LogP contribution in [0.5, 0.6) is 0 Å². The van der Waals surface area contributed by atoms with Crippen LogP contribution in [0.3, 0.4) is 0 Å². The minimum Gasteiger partial charge on any atom is -0.436 e. The molecule has 0 unspecified atom stereocenters. The normalized spacial score (nSPS) is 11.5. The second-order valence-corrected chi connectivity index (χ2v) is 6.72. The standard InChI is InChI=1S/C22H17ClN2O/c1-14-3-6-17(11-15(14)2)22-25-20-12-19(9-10-21(20)26-22)24-13-16-4-7-18(23)8-5-16/h3-13H,1-2H3. The Hall–Kier alpha value is -2.91. The van der Waals surface area contributed by atoms with Crippen LogP contribution >= 0.6 is 11.6 Å². The van der Waals surface area contributed by atoms with Gasteiger partial charge in [-0.1, -0.05) is 29.8 Å². The Morgan fingerprint density at radius 3 is 2.50 bits per heavy atom. The summed E-state index contributed by atoms with van der Waals surface area (Å²) >= 11 is 5.90. The number of nitrogens with zero attached hydrogens (tertiary/aromatic N) is 2. The van der Waals surface area contributed by atoms with Crippen molar-refractivity contribution < 1.29 is 4.42 Å². The molecule has 0 saturated carbocycles. The van der Waals surface area contributed by atoms with Gasteiger partial charge in [0.2, 0.25) is 5.89 Å². The minimum atomic E-state index is 0.627. The summed E-state index contributed by atoms with van der Waals surface area (Å²) in [6, 6.07) is 19.5. The van der Waals surface area contributed by atoms with Gasteiger partial charge in [-0.25, -0.2) is 4.98 Å². The Bertz CT molecular complexity index is 1110. The van der Waals surface area contributed by atoms with Crippen LogP contribution in [-0.4, -0.2) is 11.2 Å². The van der Waals surface area contributed by atoms with Crippen LogP contribution in [0.1, 0.15) is 16.7 Å². The Morgan fingerprint density at radius 2 is 1.73 bits per heavy atom. The van der Waals surface area contributed by atoms with Crippen molar-refractivity contribution in [1.82, 2.24) is 4.98 Å². The molecule has 0 aliphatic heterocycles. The minimum absolute atomic E-state index is 0.627. The van der Waals surface area contributed by atoms with Gasteiger partial charge < -0.3 is 4.42 Å². The average Bonchev–Trinajstić information content (AvgIpc) is 3.07. The number of oxazole rings is 1. The first kappa shape index (κ1) is 16.6. The van der Waals surface area contributed by atoms with Crippen LogP contribution in [0.25, 0.3) is 22.6 Å². The van der Waals surface area contributed by atoms with E-state index in [9.17, 15) is 0 Å². The maximum absolute atomic E-state index is 5.90. The number of fused-ring (bicyclic) bond motifs is 1. The van der Waals surface area contributed by atoms with Gasteiger partial charge in [0.25, 0.3) is 0 Å². The Morgan fingerprint density at radius 1 is 0.923 bits per heavy atom. The molecular formula is C22H17ClN2O. The van der Waals surface area contributed by atoms with E-state index in [4.69, 9.17) is 16.0 Å². The van der Waals surface area contributed by atoms with Crippen molar-refractivity contribution in [2.45, 2.75) is 13.8 Å². The highest BCUT2D eigenvalue weighted by atomic mass is 35.5. The second kappa shape index (κ2) is 6.77. The lowest BCUT2D eigenvalue weighted by Crippen LogP contribution is -1.83. The molecule has 4 aromatic rings. The summed E-state index contributed by atoms with van der Waals surface area (Å²) in [6.07, 6.45) is 1.81. The lowest BCUT2D eigenvalue weighted by molar-refractivity contribution is 0.620. The van der Waals surface area contributed by atoms with Crippen molar-refractivity contribution in [3.8, 4) is 11.5 Å². The summed E-state index contributed by atoms with van der Waals surface area (Å²) in [5, 5.41) is 0.713. The van der Waals surface area contributed by atoms with Crippen LogP contribution in [0.2, 0.25) is 5.02 Å².